The minimum absolute atomic E-state index is 0.252. The second-order valence-corrected chi connectivity index (χ2v) is 3.08. The van der Waals surface area contributed by atoms with Crippen LogP contribution in [0, 0.1) is 11.3 Å². The van der Waals surface area contributed by atoms with Crippen molar-refractivity contribution in [1.29, 1.82) is 5.26 Å². The van der Waals surface area contributed by atoms with Gasteiger partial charge in [0.1, 0.15) is 12.4 Å². The fraction of sp³-hybridized carbons (Fsp3) is 0.273. The molecular weight excluding hydrogens is 206 g/mol. The molecule has 0 radical (unpaired) electrons. The Kier molecular flexibility index (Phi) is 4.67. The van der Waals surface area contributed by atoms with Gasteiger partial charge in [-0.1, -0.05) is 6.58 Å². The van der Waals surface area contributed by atoms with Gasteiger partial charge < -0.3 is 4.74 Å². The molecular formula is C11H11N3O2. The van der Waals surface area contributed by atoms with Gasteiger partial charge >= 0.3 is 0 Å². The molecule has 5 nitrogen and oxygen atoms in total. The van der Waals surface area contributed by atoms with Crippen molar-refractivity contribution in [3.05, 3.63) is 30.2 Å². The zero-order chi connectivity index (χ0) is 11.8. The van der Waals surface area contributed by atoms with E-state index in [1.807, 2.05) is 6.07 Å². The average molecular weight is 217 g/mol. The Morgan fingerprint density at radius 3 is 2.94 bits per heavy atom. The fourth-order valence-corrected chi connectivity index (χ4v) is 0.983. The van der Waals surface area contributed by atoms with Gasteiger partial charge in [-0.25, -0.2) is 9.97 Å². The van der Waals surface area contributed by atoms with Crippen molar-refractivity contribution in [3.63, 3.8) is 0 Å². The summed E-state index contributed by atoms with van der Waals surface area (Å²) in [6.07, 6.45) is 4.78. The molecule has 0 aliphatic heterocycles. The van der Waals surface area contributed by atoms with E-state index in [4.69, 9.17) is 10.00 Å². The van der Waals surface area contributed by atoms with Crippen LogP contribution in [-0.2, 0) is 4.79 Å². The number of aromatic nitrogens is 2. The summed E-state index contributed by atoms with van der Waals surface area (Å²) < 4.78 is 5.26. The summed E-state index contributed by atoms with van der Waals surface area (Å²) >= 11 is 0. The van der Waals surface area contributed by atoms with E-state index < -0.39 is 0 Å². The van der Waals surface area contributed by atoms with Crippen molar-refractivity contribution < 1.29 is 9.53 Å². The van der Waals surface area contributed by atoms with Crippen molar-refractivity contribution in [1.82, 2.24) is 9.97 Å². The first kappa shape index (κ1) is 11.9. The van der Waals surface area contributed by atoms with Gasteiger partial charge in [-0.05, 0) is 18.4 Å². The van der Waals surface area contributed by atoms with Gasteiger partial charge in [0.25, 0.3) is 0 Å². The number of rotatable bonds is 6. The molecule has 82 valence electrons. The number of hydrogen-bond acceptors (Lipinski definition) is 5. The average Bonchev–Trinajstić information content (AvgIpc) is 2.35. The first-order valence-corrected chi connectivity index (χ1v) is 4.74. The predicted molar refractivity (Wildman–Crippen MR) is 56.7 cm³/mol. The van der Waals surface area contributed by atoms with Crippen molar-refractivity contribution in [2.75, 3.05) is 6.61 Å². The number of aldehydes is 1. The number of nitrogens with zero attached hydrogens (tertiary/aromatic N) is 3. The van der Waals surface area contributed by atoms with Crippen LogP contribution < -0.4 is 4.74 Å². The zero-order valence-electron chi connectivity index (χ0n) is 8.72. The Morgan fingerprint density at radius 1 is 1.56 bits per heavy atom. The third-order valence-corrected chi connectivity index (χ3v) is 1.80. The lowest BCUT2D eigenvalue weighted by Gasteiger charge is -2.03. The summed E-state index contributed by atoms with van der Waals surface area (Å²) in [7, 11) is 0. The summed E-state index contributed by atoms with van der Waals surface area (Å²) in [4.78, 5) is 17.9. The summed E-state index contributed by atoms with van der Waals surface area (Å²) in [6, 6.07) is 1.86. The van der Waals surface area contributed by atoms with E-state index >= 15 is 0 Å². The molecule has 1 rings (SSSR count). The van der Waals surface area contributed by atoms with Gasteiger partial charge in [0.2, 0.25) is 5.88 Å². The number of ether oxygens (including phenoxy) is 1. The van der Waals surface area contributed by atoms with E-state index in [1.165, 1.54) is 12.4 Å². The van der Waals surface area contributed by atoms with E-state index in [9.17, 15) is 4.79 Å². The number of allylic oxidation sites excluding steroid dienone is 1. The standard InChI is InChI=1S/C11H11N3O2/c1-9(8-15)3-2-4-16-11-7-13-10(5-12)6-14-11/h6-8H,1-4H2. The highest BCUT2D eigenvalue weighted by Crippen LogP contribution is 2.05. The van der Waals surface area contributed by atoms with Crippen LogP contribution in [0.3, 0.4) is 0 Å². The lowest BCUT2D eigenvalue weighted by atomic mass is 10.2. The molecule has 0 saturated heterocycles. The van der Waals surface area contributed by atoms with E-state index in [1.54, 1.807) is 0 Å². The Morgan fingerprint density at radius 2 is 2.38 bits per heavy atom. The quantitative estimate of drug-likeness (QED) is 0.407. The van der Waals surface area contributed by atoms with E-state index in [0.29, 0.717) is 30.9 Å². The summed E-state index contributed by atoms with van der Waals surface area (Å²) in [5, 5.41) is 8.49. The van der Waals surface area contributed by atoms with Gasteiger partial charge in [-0.15, -0.1) is 0 Å². The van der Waals surface area contributed by atoms with Gasteiger partial charge in [-0.2, -0.15) is 5.26 Å². The molecule has 5 heteroatoms. The maximum atomic E-state index is 10.2. The predicted octanol–water partition coefficient (Wildman–Crippen LogP) is 1.26. The molecule has 0 spiro atoms. The SMILES string of the molecule is C=C(C=O)CCCOc1cnc(C#N)cn1. The Hall–Kier alpha value is -2.22. The fourth-order valence-electron chi connectivity index (χ4n) is 0.983. The molecule has 1 aromatic rings. The van der Waals surface area contributed by atoms with Crippen molar-refractivity contribution in [2.45, 2.75) is 12.8 Å². The summed E-state index contributed by atoms with van der Waals surface area (Å²) in [5.41, 5.74) is 0.802. The maximum absolute atomic E-state index is 10.2. The maximum Gasteiger partial charge on any atom is 0.232 e. The molecule has 0 amide bonds. The molecule has 0 atom stereocenters. The lowest BCUT2D eigenvalue weighted by molar-refractivity contribution is -0.105. The molecule has 1 aromatic heterocycles. The van der Waals surface area contributed by atoms with Crippen LogP contribution in [0.5, 0.6) is 5.88 Å². The second-order valence-electron chi connectivity index (χ2n) is 3.08. The van der Waals surface area contributed by atoms with E-state index in [-0.39, 0.29) is 5.69 Å². The molecule has 0 aliphatic carbocycles. The molecule has 16 heavy (non-hydrogen) atoms. The van der Waals surface area contributed by atoms with Crippen molar-refractivity contribution in [2.24, 2.45) is 0 Å². The van der Waals surface area contributed by atoms with Crippen LogP contribution >= 0.6 is 0 Å². The highest BCUT2D eigenvalue weighted by molar-refractivity contribution is 5.71. The van der Waals surface area contributed by atoms with Crippen molar-refractivity contribution >= 4 is 6.29 Å². The molecule has 0 saturated carbocycles. The highest BCUT2D eigenvalue weighted by Gasteiger charge is 1.98. The monoisotopic (exact) mass is 217 g/mol. The topological polar surface area (TPSA) is 75.9 Å². The highest BCUT2D eigenvalue weighted by atomic mass is 16.5. The first-order valence-electron chi connectivity index (χ1n) is 4.74. The van der Waals surface area contributed by atoms with Gasteiger partial charge in [-0.3, -0.25) is 4.79 Å². The Bertz CT molecular complexity index is 406. The van der Waals surface area contributed by atoms with E-state index in [0.717, 1.165) is 6.29 Å². The minimum Gasteiger partial charge on any atom is -0.477 e. The third-order valence-electron chi connectivity index (χ3n) is 1.80. The summed E-state index contributed by atoms with van der Waals surface area (Å²) in [5.74, 6) is 0.371. The molecule has 0 aromatic carbocycles. The minimum atomic E-state index is 0.252. The molecule has 0 fully saturated rings. The van der Waals surface area contributed by atoms with Crippen LogP contribution in [0.15, 0.2) is 24.5 Å². The Labute approximate surface area is 93.4 Å². The molecule has 1 heterocycles. The largest absolute Gasteiger partial charge is 0.477 e. The van der Waals surface area contributed by atoms with Crippen LogP contribution in [0.25, 0.3) is 0 Å². The molecule has 0 aliphatic rings. The lowest BCUT2D eigenvalue weighted by Crippen LogP contribution is -2.00. The number of nitriles is 1. The van der Waals surface area contributed by atoms with Crippen LogP contribution in [0.2, 0.25) is 0 Å². The van der Waals surface area contributed by atoms with Gasteiger partial charge in [0.05, 0.1) is 19.0 Å². The number of hydrogen-bond donors (Lipinski definition) is 0. The normalized spacial score (nSPS) is 9.19. The van der Waals surface area contributed by atoms with Gasteiger partial charge in [0, 0.05) is 0 Å². The van der Waals surface area contributed by atoms with E-state index in [2.05, 4.69) is 16.5 Å². The second kappa shape index (κ2) is 6.30. The van der Waals surface area contributed by atoms with Crippen LogP contribution in [0.1, 0.15) is 18.5 Å². The summed E-state index contributed by atoms with van der Waals surface area (Å²) in [6.45, 7) is 3.99. The number of carbonyl (C=O) groups excluding carboxylic acids is 1. The number of carbonyl (C=O) groups is 1. The smallest absolute Gasteiger partial charge is 0.232 e. The Balaban J connectivity index is 2.30. The van der Waals surface area contributed by atoms with Crippen LogP contribution in [-0.4, -0.2) is 22.9 Å². The zero-order valence-corrected chi connectivity index (χ0v) is 8.72. The third kappa shape index (κ3) is 3.88. The van der Waals surface area contributed by atoms with Gasteiger partial charge in [0.15, 0.2) is 5.69 Å². The van der Waals surface area contributed by atoms with Crippen LogP contribution in [0.4, 0.5) is 0 Å². The first-order chi connectivity index (χ1) is 7.76. The van der Waals surface area contributed by atoms with Crippen molar-refractivity contribution in [3.8, 4) is 11.9 Å². The molecule has 0 bridgehead atoms. The molecule has 0 N–H and O–H groups in total. The molecule has 0 unspecified atom stereocenters.